The fraction of sp³-hybridized carbons (Fsp3) is 0.150. The van der Waals surface area contributed by atoms with Crippen LogP contribution in [0.1, 0.15) is 11.1 Å². The van der Waals surface area contributed by atoms with E-state index in [9.17, 15) is 0 Å². The zero-order valence-corrected chi connectivity index (χ0v) is 14.5. The Labute approximate surface area is 147 Å². The Bertz CT molecular complexity index is 831. The Balaban J connectivity index is 1.93. The number of ether oxygens (including phenoxy) is 1. The normalized spacial score (nSPS) is 10.5. The zero-order valence-electron chi connectivity index (χ0n) is 13.7. The van der Waals surface area contributed by atoms with Crippen LogP contribution in [0.3, 0.4) is 0 Å². The number of methoxy groups -OCH3 is 1. The van der Waals surface area contributed by atoms with Gasteiger partial charge in [-0.25, -0.2) is 4.98 Å². The summed E-state index contributed by atoms with van der Waals surface area (Å²) < 4.78 is 5.51. The number of nitrogens with zero attached hydrogens (tertiary/aromatic N) is 1. The summed E-state index contributed by atoms with van der Waals surface area (Å²) in [6.45, 7) is 0. The van der Waals surface area contributed by atoms with Crippen molar-refractivity contribution >= 4 is 17.4 Å². The van der Waals surface area contributed by atoms with E-state index in [1.807, 2.05) is 49.6 Å². The molecule has 1 N–H and O–H groups in total. The molecule has 24 heavy (non-hydrogen) atoms. The molecule has 0 spiro atoms. The lowest BCUT2D eigenvalue weighted by atomic mass is 9.99. The van der Waals surface area contributed by atoms with Crippen LogP contribution in [-0.2, 0) is 6.42 Å². The van der Waals surface area contributed by atoms with E-state index in [2.05, 4.69) is 28.5 Å². The Morgan fingerprint density at radius 1 is 1.04 bits per heavy atom. The maximum atomic E-state index is 6.13. The molecule has 0 saturated heterocycles. The van der Waals surface area contributed by atoms with Gasteiger partial charge in [-0.2, -0.15) is 0 Å². The van der Waals surface area contributed by atoms with Crippen LogP contribution in [0.25, 0.3) is 11.1 Å². The minimum Gasteiger partial charge on any atom is -0.496 e. The van der Waals surface area contributed by atoms with E-state index in [4.69, 9.17) is 16.3 Å². The van der Waals surface area contributed by atoms with Crippen molar-refractivity contribution in [3.8, 4) is 16.9 Å². The molecule has 0 aliphatic heterocycles. The number of aromatic nitrogens is 1. The van der Waals surface area contributed by atoms with Gasteiger partial charge >= 0.3 is 0 Å². The van der Waals surface area contributed by atoms with Gasteiger partial charge in [-0.3, -0.25) is 0 Å². The molecule has 0 bridgehead atoms. The van der Waals surface area contributed by atoms with Gasteiger partial charge in [-0.05, 0) is 53.4 Å². The van der Waals surface area contributed by atoms with E-state index in [0.717, 1.165) is 34.7 Å². The highest BCUT2D eigenvalue weighted by Crippen LogP contribution is 2.32. The number of hydrogen-bond donors (Lipinski definition) is 1. The molecule has 4 heteroatoms. The van der Waals surface area contributed by atoms with Crippen LogP contribution >= 0.6 is 11.6 Å². The van der Waals surface area contributed by atoms with Gasteiger partial charge in [0.25, 0.3) is 0 Å². The first-order chi connectivity index (χ1) is 11.7. The average Bonchev–Trinajstić information content (AvgIpc) is 2.62. The molecule has 0 aliphatic carbocycles. The third kappa shape index (κ3) is 3.69. The van der Waals surface area contributed by atoms with E-state index in [1.165, 1.54) is 5.56 Å². The summed E-state index contributed by atoms with van der Waals surface area (Å²) >= 11 is 6.13. The van der Waals surface area contributed by atoms with Gasteiger partial charge in [-0.1, -0.05) is 35.9 Å². The predicted octanol–water partition coefficient (Wildman–Crippen LogP) is 5.04. The van der Waals surface area contributed by atoms with Crippen LogP contribution < -0.4 is 10.1 Å². The third-order valence-corrected chi connectivity index (χ3v) is 4.12. The second kappa shape index (κ2) is 7.37. The van der Waals surface area contributed by atoms with Gasteiger partial charge in [0.1, 0.15) is 11.6 Å². The highest BCUT2D eigenvalue weighted by atomic mass is 35.5. The topological polar surface area (TPSA) is 34.1 Å². The number of pyridine rings is 1. The van der Waals surface area contributed by atoms with Crippen molar-refractivity contribution in [2.24, 2.45) is 0 Å². The lowest BCUT2D eigenvalue weighted by Gasteiger charge is -2.12. The van der Waals surface area contributed by atoms with Crippen LogP contribution in [0.2, 0.25) is 5.02 Å². The summed E-state index contributed by atoms with van der Waals surface area (Å²) in [7, 11) is 3.55. The lowest BCUT2D eigenvalue weighted by Crippen LogP contribution is -1.95. The van der Waals surface area contributed by atoms with Gasteiger partial charge in [0.05, 0.1) is 7.11 Å². The molecule has 0 atom stereocenters. The molecular formula is C20H19ClN2O. The first kappa shape index (κ1) is 16.3. The first-order valence-electron chi connectivity index (χ1n) is 7.75. The molecule has 2 aromatic carbocycles. The Hall–Kier alpha value is -2.52. The molecule has 1 heterocycles. The van der Waals surface area contributed by atoms with Crippen molar-refractivity contribution < 1.29 is 4.74 Å². The molecule has 0 fully saturated rings. The fourth-order valence-electron chi connectivity index (χ4n) is 2.66. The van der Waals surface area contributed by atoms with Crippen LogP contribution in [0.15, 0.2) is 60.8 Å². The van der Waals surface area contributed by atoms with Gasteiger partial charge in [-0.15, -0.1) is 0 Å². The number of nitrogens with one attached hydrogen (secondary N) is 1. The largest absolute Gasteiger partial charge is 0.496 e. The molecule has 3 aromatic rings. The highest BCUT2D eigenvalue weighted by Gasteiger charge is 2.08. The van der Waals surface area contributed by atoms with Gasteiger partial charge < -0.3 is 10.1 Å². The van der Waals surface area contributed by atoms with E-state index in [-0.39, 0.29) is 0 Å². The SMILES string of the molecule is CNc1ccc(Cc2ccc(OC)c(-c3cccc(Cl)c3)c2)cn1. The molecular weight excluding hydrogens is 320 g/mol. The van der Waals surface area contributed by atoms with E-state index in [0.29, 0.717) is 5.02 Å². The predicted molar refractivity (Wildman–Crippen MR) is 100 cm³/mol. The Morgan fingerprint density at radius 2 is 1.88 bits per heavy atom. The second-order valence-electron chi connectivity index (χ2n) is 5.52. The summed E-state index contributed by atoms with van der Waals surface area (Å²) in [6, 6.07) is 18.1. The summed E-state index contributed by atoms with van der Waals surface area (Å²) in [5.41, 5.74) is 4.45. The average molecular weight is 339 g/mol. The number of benzene rings is 2. The minimum absolute atomic E-state index is 0.715. The number of halogens is 1. The Kier molecular flexibility index (Phi) is 5.02. The highest BCUT2D eigenvalue weighted by molar-refractivity contribution is 6.30. The molecule has 0 unspecified atom stereocenters. The molecule has 3 nitrogen and oxygen atoms in total. The zero-order chi connectivity index (χ0) is 16.9. The fourth-order valence-corrected chi connectivity index (χ4v) is 2.85. The first-order valence-corrected chi connectivity index (χ1v) is 8.13. The molecule has 0 saturated carbocycles. The van der Waals surface area contributed by atoms with Gasteiger partial charge in [0, 0.05) is 23.8 Å². The molecule has 0 aliphatic rings. The van der Waals surface area contributed by atoms with Crippen molar-refractivity contribution in [2.45, 2.75) is 6.42 Å². The Morgan fingerprint density at radius 3 is 2.54 bits per heavy atom. The van der Waals surface area contributed by atoms with Crippen LogP contribution in [0.4, 0.5) is 5.82 Å². The van der Waals surface area contributed by atoms with E-state index in [1.54, 1.807) is 7.11 Å². The summed E-state index contributed by atoms with van der Waals surface area (Å²) in [6.07, 6.45) is 2.71. The maximum Gasteiger partial charge on any atom is 0.126 e. The van der Waals surface area contributed by atoms with E-state index >= 15 is 0 Å². The standard InChI is InChI=1S/C20H19ClN2O/c1-22-20-9-7-15(13-23-20)10-14-6-8-19(24-2)18(11-14)16-4-3-5-17(21)12-16/h3-9,11-13H,10H2,1-2H3,(H,22,23). The molecule has 122 valence electrons. The second-order valence-corrected chi connectivity index (χ2v) is 5.96. The maximum absolute atomic E-state index is 6.13. The molecule has 0 radical (unpaired) electrons. The number of rotatable bonds is 5. The van der Waals surface area contributed by atoms with Crippen molar-refractivity contribution in [1.82, 2.24) is 4.98 Å². The minimum atomic E-state index is 0.715. The van der Waals surface area contributed by atoms with Gasteiger partial charge in [0.15, 0.2) is 0 Å². The van der Waals surface area contributed by atoms with Crippen LogP contribution in [0, 0.1) is 0 Å². The van der Waals surface area contributed by atoms with Crippen molar-refractivity contribution in [1.29, 1.82) is 0 Å². The number of hydrogen-bond acceptors (Lipinski definition) is 3. The summed E-state index contributed by atoms with van der Waals surface area (Å²) in [4.78, 5) is 4.37. The smallest absolute Gasteiger partial charge is 0.126 e. The van der Waals surface area contributed by atoms with Crippen molar-refractivity contribution in [3.05, 3.63) is 76.9 Å². The summed E-state index contributed by atoms with van der Waals surface area (Å²) in [5.74, 6) is 1.71. The van der Waals surface area contributed by atoms with Gasteiger partial charge in [0.2, 0.25) is 0 Å². The van der Waals surface area contributed by atoms with Crippen molar-refractivity contribution in [2.75, 3.05) is 19.5 Å². The van der Waals surface area contributed by atoms with Crippen LogP contribution in [0.5, 0.6) is 5.75 Å². The quantitative estimate of drug-likeness (QED) is 0.707. The summed E-state index contributed by atoms with van der Waals surface area (Å²) in [5, 5.41) is 3.74. The van der Waals surface area contributed by atoms with Crippen LogP contribution in [-0.4, -0.2) is 19.1 Å². The third-order valence-electron chi connectivity index (χ3n) is 3.89. The molecule has 3 rings (SSSR count). The monoisotopic (exact) mass is 338 g/mol. The lowest BCUT2D eigenvalue weighted by molar-refractivity contribution is 0.416. The molecule has 1 aromatic heterocycles. The molecule has 0 amide bonds. The van der Waals surface area contributed by atoms with Crippen molar-refractivity contribution in [3.63, 3.8) is 0 Å². The number of anilines is 1. The van der Waals surface area contributed by atoms with E-state index < -0.39 is 0 Å².